The molecule has 166 valence electrons. The third-order valence-corrected chi connectivity index (χ3v) is 5.34. The number of anilines is 1. The summed E-state index contributed by atoms with van der Waals surface area (Å²) in [4.78, 5) is 38.7. The summed E-state index contributed by atoms with van der Waals surface area (Å²) in [6, 6.07) is 19.8. The fraction of sp³-hybridized carbons (Fsp3) is 0.0800. The Morgan fingerprint density at radius 1 is 0.909 bits per heavy atom. The fourth-order valence-electron chi connectivity index (χ4n) is 3.23. The van der Waals surface area contributed by atoms with Crippen molar-refractivity contribution in [2.24, 2.45) is 0 Å². The zero-order valence-corrected chi connectivity index (χ0v) is 18.3. The van der Waals surface area contributed by atoms with E-state index in [0.29, 0.717) is 27.8 Å². The second-order valence-electron chi connectivity index (χ2n) is 7.10. The SMILES string of the molecule is COc1ccc(C=C2C(=O)NC(=O)N(c3ccc(OCc4ccccc4Cl)cc3)C2=O)cc1. The minimum Gasteiger partial charge on any atom is -0.497 e. The Balaban J connectivity index is 1.52. The molecule has 8 heteroatoms. The number of halogens is 1. The van der Waals surface area contributed by atoms with Crippen molar-refractivity contribution >= 4 is 41.2 Å². The van der Waals surface area contributed by atoms with Gasteiger partial charge in [-0.25, -0.2) is 9.69 Å². The molecule has 1 heterocycles. The second-order valence-corrected chi connectivity index (χ2v) is 7.51. The molecular weight excluding hydrogens is 444 g/mol. The van der Waals surface area contributed by atoms with Crippen molar-refractivity contribution in [2.75, 3.05) is 12.0 Å². The van der Waals surface area contributed by atoms with Crippen LogP contribution in [0.15, 0.2) is 78.4 Å². The minimum atomic E-state index is -0.818. The van der Waals surface area contributed by atoms with Crippen LogP contribution >= 0.6 is 11.6 Å². The van der Waals surface area contributed by atoms with Crippen LogP contribution in [0.2, 0.25) is 5.02 Å². The number of amides is 4. The number of hydrogen-bond acceptors (Lipinski definition) is 5. The van der Waals surface area contributed by atoms with E-state index in [4.69, 9.17) is 21.1 Å². The average molecular weight is 463 g/mol. The molecule has 7 nitrogen and oxygen atoms in total. The van der Waals surface area contributed by atoms with Crippen LogP contribution in [0.4, 0.5) is 10.5 Å². The van der Waals surface area contributed by atoms with Gasteiger partial charge in [0.25, 0.3) is 11.8 Å². The maximum atomic E-state index is 13.0. The zero-order chi connectivity index (χ0) is 23.4. The van der Waals surface area contributed by atoms with Gasteiger partial charge in [0.1, 0.15) is 23.7 Å². The number of ether oxygens (including phenoxy) is 2. The second kappa shape index (κ2) is 9.58. The number of methoxy groups -OCH3 is 1. The molecule has 1 fully saturated rings. The van der Waals surface area contributed by atoms with Gasteiger partial charge in [-0.05, 0) is 54.1 Å². The molecule has 4 amide bonds. The van der Waals surface area contributed by atoms with Crippen molar-refractivity contribution < 1.29 is 23.9 Å². The Bertz CT molecular complexity index is 1240. The molecule has 0 saturated carbocycles. The molecular formula is C25H19ClN2O5. The summed E-state index contributed by atoms with van der Waals surface area (Å²) in [6.45, 7) is 0.269. The van der Waals surface area contributed by atoms with Crippen LogP contribution in [-0.4, -0.2) is 25.0 Å². The number of barbiturate groups is 1. The monoisotopic (exact) mass is 462 g/mol. The van der Waals surface area contributed by atoms with Gasteiger partial charge in [0.05, 0.1) is 12.8 Å². The van der Waals surface area contributed by atoms with Crippen molar-refractivity contribution in [1.82, 2.24) is 5.32 Å². The Morgan fingerprint density at radius 2 is 1.58 bits per heavy atom. The van der Waals surface area contributed by atoms with Crippen LogP contribution in [0.5, 0.6) is 11.5 Å². The number of rotatable bonds is 6. The van der Waals surface area contributed by atoms with Crippen LogP contribution in [0.1, 0.15) is 11.1 Å². The lowest BCUT2D eigenvalue weighted by atomic mass is 10.1. The first-order valence-electron chi connectivity index (χ1n) is 9.98. The Morgan fingerprint density at radius 3 is 2.24 bits per heavy atom. The van der Waals surface area contributed by atoms with Crippen LogP contribution < -0.4 is 19.7 Å². The molecule has 1 N–H and O–H groups in total. The highest BCUT2D eigenvalue weighted by Gasteiger charge is 2.36. The summed E-state index contributed by atoms with van der Waals surface area (Å²) in [5, 5.41) is 2.81. The summed E-state index contributed by atoms with van der Waals surface area (Å²) in [6.07, 6.45) is 1.43. The topological polar surface area (TPSA) is 84.9 Å². The highest BCUT2D eigenvalue weighted by Crippen LogP contribution is 2.26. The number of nitrogens with zero attached hydrogens (tertiary/aromatic N) is 1. The van der Waals surface area contributed by atoms with E-state index < -0.39 is 17.8 Å². The first-order valence-corrected chi connectivity index (χ1v) is 10.4. The minimum absolute atomic E-state index is 0.154. The van der Waals surface area contributed by atoms with Crippen LogP contribution in [-0.2, 0) is 16.2 Å². The van der Waals surface area contributed by atoms with Crippen LogP contribution in [0.3, 0.4) is 0 Å². The fourth-order valence-corrected chi connectivity index (χ4v) is 3.42. The number of nitrogens with one attached hydrogen (secondary N) is 1. The molecule has 0 atom stereocenters. The van der Waals surface area contributed by atoms with Crippen LogP contribution in [0, 0.1) is 0 Å². The quantitative estimate of drug-likeness (QED) is 0.427. The van der Waals surface area contributed by atoms with E-state index in [-0.39, 0.29) is 12.2 Å². The maximum absolute atomic E-state index is 13.0. The molecule has 3 aromatic rings. The Hall–Kier alpha value is -4.10. The highest BCUT2D eigenvalue weighted by molar-refractivity contribution is 6.39. The van der Waals surface area contributed by atoms with Crippen LogP contribution in [0.25, 0.3) is 6.08 Å². The van der Waals surface area contributed by atoms with Gasteiger partial charge < -0.3 is 9.47 Å². The summed E-state index contributed by atoms with van der Waals surface area (Å²) < 4.78 is 10.9. The highest BCUT2D eigenvalue weighted by atomic mass is 35.5. The van der Waals surface area contributed by atoms with E-state index in [2.05, 4.69) is 5.32 Å². The smallest absolute Gasteiger partial charge is 0.335 e. The van der Waals surface area contributed by atoms with Crippen molar-refractivity contribution in [2.45, 2.75) is 6.61 Å². The molecule has 0 unspecified atom stereocenters. The normalized spacial score (nSPS) is 14.9. The number of benzene rings is 3. The van der Waals surface area contributed by atoms with Crippen molar-refractivity contribution in [3.8, 4) is 11.5 Å². The van der Waals surface area contributed by atoms with Gasteiger partial charge >= 0.3 is 6.03 Å². The first kappa shape index (κ1) is 22.1. The van der Waals surface area contributed by atoms with E-state index in [1.54, 1.807) is 61.7 Å². The van der Waals surface area contributed by atoms with E-state index in [9.17, 15) is 14.4 Å². The molecule has 0 aliphatic carbocycles. The lowest BCUT2D eigenvalue weighted by molar-refractivity contribution is -0.122. The molecule has 0 aromatic heterocycles. The van der Waals surface area contributed by atoms with Crippen molar-refractivity contribution in [3.05, 3.63) is 94.5 Å². The molecule has 4 rings (SSSR count). The zero-order valence-electron chi connectivity index (χ0n) is 17.6. The first-order chi connectivity index (χ1) is 16.0. The number of urea groups is 1. The van der Waals surface area contributed by atoms with Gasteiger partial charge in [0.2, 0.25) is 0 Å². The Labute approximate surface area is 195 Å². The van der Waals surface area contributed by atoms with Gasteiger partial charge in [0, 0.05) is 10.6 Å². The summed E-state index contributed by atoms with van der Waals surface area (Å²) in [7, 11) is 1.54. The number of carbonyl (C=O) groups excluding carboxylic acids is 3. The van der Waals surface area contributed by atoms with Crippen molar-refractivity contribution in [1.29, 1.82) is 0 Å². The molecule has 1 aliphatic heterocycles. The molecule has 1 saturated heterocycles. The molecule has 33 heavy (non-hydrogen) atoms. The van der Waals surface area contributed by atoms with Gasteiger partial charge in [-0.3, -0.25) is 14.9 Å². The van der Waals surface area contributed by atoms with Gasteiger partial charge in [-0.2, -0.15) is 0 Å². The predicted molar refractivity (Wildman–Crippen MR) is 124 cm³/mol. The van der Waals surface area contributed by atoms with E-state index >= 15 is 0 Å². The van der Waals surface area contributed by atoms with E-state index in [1.807, 2.05) is 18.2 Å². The van der Waals surface area contributed by atoms with E-state index in [1.165, 1.54) is 6.08 Å². The predicted octanol–water partition coefficient (Wildman–Crippen LogP) is 4.59. The number of carbonyl (C=O) groups is 3. The lowest BCUT2D eigenvalue weighted by Gasteiger charge is -2.26. The van der Waals surface area contributed by atoms with Gasteiger partial charge in [-0.1, -0.05) is 41.9 Å². The molecule has 1 aliphatic rings. The molecule has 0 radical (unpaired) electrons. The summed E-state index contributed by atoms with van der Waals surface area (Å²) in [5.74, 6) is -0.292. The standard InChI is InChI=1S/C25H19ClN2O5/c1-32-19-10-6-16(7-11-19)14-21-23(29)27-25(31)28(24(21)30)18-8-12-20(13-9-18)33-15-17-4-2-3-5-22(17)26/h2-14H,15H2,1H3,(H,27,29,31). The van der Waals surface area contributed by atoms with E-state index in [0.717, 1.165) is 10.5 Å². The number of imide groups is 2. The van der Waals surface area contributed by atoms with Gasteiger partial charge in [0.15, 0.2) is 0 Å². The molecule has 0 spiro atoms. The third-order valence-electron chi connectivity index (χ3n) is 4.98. The Kier molecular flexibility index (Phi) is 6.42. The summed E-state index contributed by atoms with van der Waals surface area (Å²) in [5.41, 5.74) is 1.60. The maximum Gasteiger partial charge on any atom is 0.335 e. The average Bonchev–Trinajstić information content (AvgIpc) is 2.82. The molecule has 3 aromatic carbocycles. The molecule has 0 bridgehead atoms. The third kappa shape index (κ3) is 4.88. The number of hydrogen-bond donors (Lipinski definition) is 1. The van der Waals surface area contributed by atoms with Crippen molar-refractivity contribution in [3.63, 3.8) is 0 Å². The summed E-state index contributed by atoms with van der Waals surface area (Å²) >= 11 is 6.14. The largest absolute Gasteiger partial charge is 0.497 e. The lowest BCUT2D eigenvalue weighted by Crippen LogP contribution is -2.54. The van der Waals surface area contributed by atoms with Gasteiger partial charge in [-0.15, -0.1) is 0 Å².